The highest BCUT2D eigenvalue weighted by Crippen LogP contribution is 2.30. The van der Waals surface area contributed by atoms with Crippen LogP contribution in [-0.4, -0.2) is 61.0 Å². The summed E-state index contributed by atoms with van der Waals surface area (Å²) in [5.41, 5.74) is 2.25. The molecule has 0 aliphatic carbocycles. The summed E-state index contributed by atoms with van der Waals surface area (Å²) < 4.78 is 6.03. The van der Waals surface area contributed by atoms with E-state index < -0.39 is 0 Å². The molecule has 7 nitrogen and oxygen atoms in total. The molecule has 0 saturated carbocycles. The lowest BCUT2D eigenvalue weighted by atomic mass is 10.0. The first-order chi connectivity index (χ1) is 26.6. The first kappa shape index (κ1) is 40.4. The second kappa shape index (κ2) is 23.1. The minimum absolute atomic E-state index is 0.178. The SMILES string of the molecule is CCCC=CCC=CCC=CCC=CCC=CCCCC(=O)N1C(=O)CCc2ccc(OCCCCN3CCN(c4cccc5ccccc45)CC3)nc21. The van der Waals surface area contributed by atoms with Crippen molar-refractivity contribution < 1.29 is 14.3 Å². The number of piperazine rings is 1. The largest absolute Gasteiger partial charge is 0.478 e. The molecule has 0 atom stereocenters. The summed E-state index contributed by atoms with van der Waals surface area (Å²) in [5, 5.41) is 2.62. The van der Waals surface area contributed by atoms with E-state index >= 15 is 0 Å². The van der Waals surface area contributed by atoms with Gasteiger partial charge in [0, 0.05) is 56.2 Å². The molecular weight excluding hydrogens is 669 g/mol. The van der Waals surface area contributed by atoms with Crippen LogP contribution in [0.3, 0.4) is 0 Å². The van der Waals surface area contributed by atoms with Gasteiger partial charge in [-0.3, -0.25) is 14.5 Å². The summed E-state index contributed by atoms with van der Waals surface area (Å²) in [6, 6.07) is 19.0. The fraction of sp³-hybridized carbons (Fsp3) is 0.426. The number of nitrogens with zero attached hydrogens (tertiary/aromatic N) is 4. The number of carbonyl (C=O) groups is 2. The maximum Gasteiger partial charge on any atom is 0.235 e. The van der Waals surface area contributed by atoms with Crippen LogP contribution in [0.5, 0.6) is 5.88 Å². The predicted molar refractivity (Wildman–Crippen MR) is 225 cm³/mol. The first-order valence-electron chi connectivity index (χ1n) is 20.3. The van der Waals surface area contributed by atoms with Crippen LogP contribution >= 0.6 is 0 Å². The molecule has 1 aromatic heterocycles. The molecular formula is C47H60N4O3. The third kappa shape index (κ3) is 13.0. The number of benzene rings is 2. The lowest BCUT2D eigenvalue weighted by Gasteiger charge is -2.36. The lowest BCUT2D eigenvalue weighted by Crippen LogP contribution is -2.46. The number of allylic oxidation sites excluding steroid dienone is 10. The van der Waals surface area contributed by atoms with Gasteiger partial charge >= 0.3 is 0 Å². The van der Waals surface area contributed by atoms with E-state index in [2.05, 4.69) is 125 Å². The van der Waals surface area contributed by atoms with Crippen molar-refractivity contribution in [2.24, 2.45) is 0 Å². The molecule has 1 fully saturated rings. The van der Waals surface area contributed by atoms with Crippen molar-refractivity contribution in [2.45, 2.75) is 90.4 Å². The fourth-order valence-electron chi connectivity index (χ4n) is 6.94. The Kier molecular flexibility index (Phi) is 17.3. The van der Waals surface area contributed by atoms with E-state index in [1.165, 1.54) is 27.8 Å². The second-order valence-electron chi connectivity index (χ2n) is 14.1. The smallest absolute Gasteiger partial charge is 0.235 e. The number of rotatable bonds is 21. The van der Waals surface area contributed by atoms with Gasteiger partial charge in [-0.25, -0.2) is 4.90 Å². The van der Waals surface area contributed by atoms with Crippen molar-refractivity contribution in [2.75, 3.05) is 49.1 Å². The molecule has 2 amide bonds. The molecule has 5 rings (SSSR count). The van der Waals surface area contributed by atoms with Crippen molar-refractivity contribution in [3.63, 3.8) is 0 Å². The summed E-state index contributed by atoms with van der Waals surface area (Å²) in [7, 11) is 0. The van der Waals surface area contributed by atoms with E-state index in [1.54, 1.807) is 0 Å². The molecule has 3 heterocycles. The molecule has 2 aromatic carbocycles. The van der Waals surface area contributed by atoms with Gasteiger partial charge in [0.05, 0.1) is 6.61 Å². The number of pyridine rings is 1. The van der Waals surface area contributed by atoms with Crippen molar-refractivity contribution in [3.8, 4) is 5.88 Å². The highest BCUT2D eigenvalue weighted by molar-refractivity contribution is 6.15. The number of amides is 2. The summed E-state index contributed by atoms with van der Waals surface area (Å²) >= 11 is 0. The second-order valence-corrected chi connectivity index (χ2v) is 14.1. The highest BCUT2D eigenvalue weighted by Gasteiger charge is 2.31. The monoisotopic (exact) mass is 728 g/mol. The molecule has 2 aliphatic heterocycles. The number of unbranched alkanes of at least 4 members (excludes halogenated alkanes) is 3. The molecule has 54 heavy (non-hydrogen) atoms. The Morgan fingerprint density at radius 2 is 1.39 bits per heavy atom. The predicted octanol–water partition coefficient (Wildman–Crippen LogP) is 10.3. The van der Waals surface area contributed by atoms with Crippen LogP contribution in [-0.2, 0) is 16.0 Å². The zero-order valence-electron chi connectivity index (χ0n) is 32.4. The Balaban J connectivity index is 0.954. The summed E-state index contributed by atoms with van der Waals surface area (Å²) in [6.07, 6.45) is 32.8. The number of aryl methyl sites for hydroxylation is 1. The summed E-state index contributed by atoms with van der Waals surface area (Å²) in [5.74, 6) is 0.555. The maximum atomic E-state index is 13.2. The van der Waals surface area contributed by atoms with Crippen molar-refractivity contribution in [3.05, 3.63) is 121 Å². The van der Waals surface area contributed by atoms with E-state index in [-0.39, 0.29) is 11.8 Å². The van der Waals surface area contributed by atoms with E-state index in [0.717, 1.165) is 89.7 Å². The van der Waals surface area contributed by atoms with Crippen LogP contribution in [0.1, 0.15) is 89.5 Å². The van der Waals surface area contributed by atoms with Crippen LogP contribution in [0, 0.1) is 0 Å². The van der Waals surface area contributed by atoms with Gasteiger partial charge in [-0.2, -0.15) is 4.98 Å². The third-order valence-electron chi connectivity index (χ3n) is 9.99. The molecule has 0 bridgehead atoms. The molecule has 1 saturated heterocycles. The molecule has 0 radical (unpaired) electrons. The van der Waals surface area contributed by atoms with Crippen LogP contribution in [0.2, 0.25) is 0 Å². The van der Waals surface area contributed by atoms with Gasteiger partial charge in [-0.15, -0.1) is 0 Å². The number of carbonyl (C=O) groups excluding carboxylic acids is 2. The third-order valence-corrected chi connectivity index (χ3v) is 9.99. The van der Waals surface area contributed by atoms with E-state index in [9.17, 15) is 9.59 Å². The van der Waals surface area contributed by atoms with Gasteiger partial charge in [0.1, 0.15) is 5.82 Å². The Morgan fingerprint density at radius 1 is 0.722 bits per heavy atom. The highest BCUT2D eigenvalue weighted by atomic mass is 16.5. The molecule has 0 N–H and O–H groups in total. The molecule has 2 aliphatic rings. The standard InChI is InChI=1S/C47H60N4O3/c1-2-3-4-5-6-7-8-9-10-11-12-13-14-15-16-17-18-19-29-45(52)51-46(53)33-31-41-30-32-44(48-47(41)51)54-39-23-22-34-49-35-37-50(38-36-49)43-28-24-26-40-25-20-21-27-42(40)43/h4-5,7-8,10-11,13-14,16-17,20-21,24-28,30,32H,2-3,6,9,12,15,18-19,22-23,29,31,33-39H2,1H3. The minimum Gasteiger partial charge on any atom is -0.478 e. The molecule has 3 aromatic rings. The average Bonchev–Trinajstić information content (AvgIpc) is 3.20. The van der Waals surface area contributed by atoms with Crippen LogP contribution in [0.25, 0.3) is 10.8 Å². The maximum absolute atomic E-state index is 13.2. The van der Waals surface area contributed by atoms with Crippen LogP contribution in [0.4, 0.5) is 11.5 Å². The van der Waals surface area contributed by atoms with Crippen LogP contribution < -0.4 is 14.5 Å². The van der Waals surface area contributed by atoms with E-state index in [4.69, 9.17) is 4.74 Å². The Morgan fingerprint density at radius 3 is 2.11 bits per heavy atom. The number of fused-ring (bicyclic) bond motifs is 2. The number of hydrogen-bond acceptors (Lipinski definition) is 6. The Bertz CT molecular complexity index is 1760. The lowest BCUT2D eigenvalue weighted by molar-refractivity contribution is -0.126. The molecule has 286 valence electrons. The fourth-order valence-corrected chi connectivity index (χ4v) is 6.94. The zero-order valence-corrected chi connectivity index (χ0v) is 32.4. The van der Waals surface area contributed by atoms with E-state index in [1.807, 2.05) is 12.1 Å². The van der Waals surface area contributed by atoms with Gasteiger partial charge in [0.2, 0.25) is 17.7 Å². The average molecular weight is 729 g/mol. The molecule has 0 spiro atoms. The number of ether oxygens (including phenoxy) is 1. The van der Waals surface area contributed by atoms with Crippen molar-refractivity contribution in [1.82, 2.24) is 9.88 Å². The molecule has 7 heteroatoms. The first-order valence-corrected chi connectivity index (χ1v) is 20.3. The summed E-state index contributed by atoms with van der Waals surface area (Å²) in [6.45, 7) is 7.95. The number of aromatic nitrogens is 1. The van der Waals surface area contributed by atoms with Gasteiger partial charge in [0.15, 0.2) is 0 Å². The zero-order chi connectivity index (χ0) is 37.6. The van der Waals surface area contributed by atoms with Crippen LogP contribution in [0.15, 0.2) is 115 Å². The Labute approximate surface area is 323 Å². The van der Waals surface area contributed by atoms with Gasteiger partial charge < -0.3 is 9.64 Å². The molecule has 0 unspecified atom stereocenters. The number of anilines is 2. The Hall–Kier alpha value is -4.75. The quantitative estimate of drug-likeness (QED) is 0.0804. The topological polar surface area (TPSA) is 66.0 Å². The van der Waals surface area contributed by atoms with Gasteiger partial charge in [0.25, 0.3) is 0 Å². The van der Waals surface area contributed by atoms with Crippen molar-refractivity contribution in [1.29, 1.82) is 0 Å². The van der Waals surface area contributed by atoms with Gasteiger partial charge in [-0.05, 0) is 93.8 Å². The summed E-state index contributed by atoms with van der Waals surface area (Å²) in [4.78, 5) is 37.1. The number of hydrogen-bond donors (Lipinski definition) is 0. The minimum atomic E-state index is -0.186. The normalized spacial score (nSPS) is 15.6. The van der Waals surface area contributed by atoms with Gasteiger partial charge in [-0.1, -0.05) is 111 Å². The number of imide groups is 1. The van der Waals surface area contributed by atoms with E-state index in [0.29, 0.717) is 44.0 Å². The van der Waals surface area contributed by atoms with Crippen molar-refractivity contribution >= 4 is 34.1 Å².